The summed E-state index contributed by atoms with van der Waals surface area (Å²) in [5.41, 5.74) is 0. The van der Waals surface area contributed by atoms with Gasteiger partial charge >= 0.3 is 0 Å². The van der Waals surface area contributed by atoms with Gasteiger partial charge in [-0.1, -0.05) is 12.2 Å². The highest BCUT2D eigenvalue weighted by molar-refractivity contribution is 5.89. The normalized spacial score (nSPS) is 21.6. The highest BCUT2D eigenvalue weighted by atomic mass is 35.5. The zero-order valence-electron chi connectivity index (χ0n) is 12.9. The van der Waals surface area contributed by atoms with Gasteiger partial charge in [0.15, 0.2) is 5.82 Å². The SMILES string of the molecule is Cl.Cn1nc(C2CCNCC2)nc1NC(=O)CC1C=CCC1. The second kappa shape index (κ2) is 7.74. The molecule has 2 aliphatic rings. The van der Waals surface area contributed by atoms with E-state index in [1.54, 1.807) is 4.68 Å². The third-order valence-corrected chi connectivity index (χ3v) is 4.29. The van der Waals surface area contributed by atoms with Crippen LogP contribution < -0.4 is 10.6 Å². The van der Waals surface area contributed by atoms with Gasteiger partial charge in [-0.25, -0.2) is 4.68 Å². The van der Waals surface area contributed by atoms with Crippen LogP contribution in [0.1, 0.15) is 43.8 Å². The summed E-state index contributed by atoms with van der Waals surface area (Å²) in [7, 11) is 1.84. The molecule has 2 heterocycles. The number of aromatic nitrogens is 3. The fourth-order valence-electron chi connectivity index (χ4n) is 3.05. The molecule has 3 rings (SSSR count). The number of hydrogen-bond acceptors (Lipinski definition) is 4. The number of hydrogen-bond donors (Lipinski definition) is 2. The number of carbonyl (C=O) groups is 1. The average molecular weight is 326 g/mol. The van der Waals surface area contributed by atoms with Crippen LogP contribution in [0.3, 0.4) is 0 Å². The van der Waals surface area contributed by atoms with Crippen molar-refractivity contribution in [2.45, 2.75) is 38.0 Å². The summed E-state index contributed by atoms with van der Waals surface area (Å²) < 4.78 is 1.68. The Labute approximate surface area is 137 Å². The van der Waals surface area contributed by atoms with E-state index in [-0.39, 0.29) is 18.3 Å². The number of carbonyl (C=O) groups excluding carboxylic acids is 1. The summed E-state index contributed by atoms with van der Waals surface area (Å²) in [6, 6.07) is 0. The summed E-state index contributed by atoms with van der Waals surface area (Å²) in [6.07, 6.45) is 9.10. The number of anilines is 1. The van der Waals surface area contributed by atoms with Gasteiger partial charge in [0.05, 0.1) is 0 Å². The Kier molecular flexibility index (Phi) is 5.97. The van der Waals surface area contributed by atoms with E-state index in [9.17, 15) is 4.79 Å². The zero-order chi connectivity index (χ0) is 14.7. The molecule has 1 aromatic heterocycles. The van der Waals surface area contributed by atoms with E-state index in [2.05, 4.69) is 32.9 Å². The van der Waals surface area contributed by atoms with Crippen LogP contribution in [-0.2, 0) is 11.8 Å². The lowest BCUT2D eigenvalue weighted by atomic mass is 9.98. The van der Waals surface area contributed by atoms with Crippen LogP contribution in [0.2, 0.25) is 0 Å². The van der Waals surface area contributed by atoms with Crippen molar-refractivity contribution in [3.8, 4) is 0 Å². The number of nitrogens with one attached hydrogen (secondary N) is 2. The smallest absolute Gasteiger partial charge is 0.227 e. The van der Waals surface area contributed by atoms with E-state index in [4.69, 9.17) is 0 Å². The molecule has 1 saturated heterocycles. The predicted molar refractivity (Wildman–Crippen MR) is 88.2 cm³/mol. The first-order chi connectivity index (χ1) is 10.2. The summed E-state index contributed by atoms with van der Waals surface area (Å²) >= 11 is 0. The molecule has 0 bridgehead atoms. The molecule has 1 aliphatic heterocycles. The van der Waals surface area contributed by atoms with E-state index in [1.807, 2.05) is 7.05 Å². The first-order valence-corrected chi connectivity index (χ1v) is 7.80. The van der Waals surface area contributed by atoms with Crippen molar-refractivity contribution in [3.05, 3.63) is 18.0 Å². The van der Waals surface area contributed by atoms with E-state index in [0.717, 1.165) is 44.6 Å². The fourth-order valence-corrected chi connectivity index (χ4v) is 3.05. The zero-order valence-corrected chi connectivity index (χ0v) is 13.7. The van der Waals surface area contributed by atoms with Crippen molar-refractivity contribution in [1.29, 1.82) is 0 Å². The lowest BCUT2D eigenvalue weighted by molar-refractivity contribution is -0.116. The van der Waals surface area contributed by atoms with Crippen LogP contribution in [-0.4, -0.2) is 33.8 Å². The molecular formula is C15H24ClN5O. The molecular weight excluding hydrogens is 302 g/mol. The Hall–Kier alpha value is -1.40. The Bertz CT molecular complexity index is 536. The Balaban J connectivity index is 0.00000176. The maximum Gasteiger partial charge on any atom is 0.227 e. The molecule has 2 N–H and O–H groups in total. The topological polar surface area (TPSA) is 71.8 Å². The number of allylic oxidation sites excluding steroid dienone is 2. The minimum Gasteiger partial charge on any atom is -0.317 e. The van der Waals surface area contributed by atoms with Crippen LogP contribution in [0.4, 0.5) is 5.95 Å². The number of piperidine rings is 1. The molecule has 1 atom stereocenters. The summed E-state index contributed by atoms with van der Waals surface area (Å²) in [4.78, 5) is 16.6. The molecule has 6 nitrogen and oxygen atoms in total. The monoisotopic (exact) mass is 325 g/mol. The second-order valence-electron chi connectivity index (χ2n) is 5.96. The van der Waals surface area contributed by atoms with Gasteiger partial charge in [-0.2, -0.15) is 10.1 Å². The van der Waals surface area contributed by atoms with Gasteiger partial charge in [-0.3, -0.25) is 10.1 Å². The third kappa shape index (κ3) is 4.08. The fraction of sp³-hybridized carbons (Fsp3) is 0.667. The van der Waals surface area contributed by atoms with Gasteiger partial charge in [0.1, 0.15) is 0 Å². The predicted octanol–water partition coefficient (Wildman–Crippen LogP) is 2.00. The quantitative estimate of drug-likeness (QED) is 0.831. The van der Waals surface area contributed by atoms with Gasteiger partial charge < -0.3 is 5.32 Å². The van der Waals surface area contributed by atoms with Crippen molar-refractivity contribution >= 4 is 24.3 Å². The summed E-state index contributed by atoms with van der Waals surface area (Å²) in [5, 5.41) is 10.7. The minimum absolute atomic E-state index is 0. The molecule has 122 valence electrons. The highest BCUT2D eigenvalue weighted by Gasteiger charge is 2.22. The summed E-state index contributed by atoms with van der Waals surface area (Å²) in [6.45, 7) is 2.03. The largest absolute Gasteiger partial charge is 0.317 e. The van der Waals surface area contributed by atoms with Crippen LogP contribution in [0.15, 0.2) is 12.2 Å². The van der Waals surface area contributed by atoms with Crippen molar-refractivity contribution in [1.82, 2.24) is 20.1 Å². The number of halogens is 1. The standard InChI is InChI=1S/C15H23N5O.ClH/c1-20-15(17-13(21)10-11-4-2-3-5-11)18-14(19-20)12-6-8-16-9-7-12;/h2,4,11-12,16H,3,5-10H2,1H3,(H,17,18,19,21);1H. The Morgan fingerprint density at radius 3 is 2.86 bits per heavy atom. The molecule has 0 radical (unpaired) electrons. The van der Waals surface area contributed by atoms with Crippen molar-refractivity contribution in [2.24, 2.45) is 13.0 Å². The molecule has 0 aromatic carbocycles. The number of amides is 1. The van der Waals surface area contributed by atoms with Gasteiger partial charge in [0.25, 0.3) is 0 Å². The molecule has 1 aliphatic carbocycles. The van der Waals surface area contributed by atoms with Crippen LogP contribution in [0.5, 0.6) is 0 Å². The lowest BCUT2D eigenvalue weighted by Crippen LogP contribution is -2.27. The molecule has 1 amide bonds. The molecule has 22 heavy (non-hydrogen) atoms. The highest BCUT2D eigenvalue weighted by Crippen LogP contribution is 2.24. The Morgan fingerprint density at radius 2 is 2.18 bits per heavy atom. The van der Waals surface area contributed by atoms with Gasteiger partial charge in [-0.05, 0) is 44.7 Å². The second-order valence-corrected chi connectivity index (χ2v) is 5.96. The molecule has 0 saturated carbocycles. The van der Waals surface area contributed by atoms with Crippen molar-refractivity contribution in [2.75, 3.05) is 18.4 Å². The molecule has 1 fully saturated rings. The van der Waals surface area contributed by atoms with Crippen molar-refractivity contribution < 1.29 is 4.79 Å². The van der Waals surface area contributed by atoms with Gasteiger partial charge in [-0.15, -0.1) is 12.4 Å². The maximum atomic E-state index is 12.1. The lowest BCUT2D eigenvalue weighted by Gasteiger charge is -2.19. The number of nitrogens with zero attached hydrogens (tertiary/aromatic N) is 3. The minimum atomic E-state index is 0. The van der Waals surface area contributed by atoms with Crippen molar-refractivity contribution in [3.63, 3.8) is 0 Å². The van der Waals surface area contributed by atoms with Crippen LogP contribution in [0, 0.1) is 5.92 Å². The van der Waals surface area contributed by atoms with E-state index in [0.29, 0.717) is 24.2 Å². The molecule has 1 unspecified atom stereocenters. The average Bonchev–Trinajstić information content (AvgIpc) is 3.11. The van der Waals surface area contributed by atoms with Gasteiger partial charge in [0, 0.05) is 19.4 Å². The third-order valence-electron chi connectivity index (χ3n) is 4.29. The molecule has 0 spiro atoms. The van der Waals surface area contributed by atoms with Crippen LogP contribution in [0.25, 0.3) is 0 Å². The Morgan fingerprint density at radius 1 is 1.41 bits per heavy atom. The summed E-state index contributed by atoms with van der Waals surface area (Å²) in [5.74, 6) is 2.23. The van der Waals surface area contributed by atoms with Gasteiger partial charge in [0.2, 0.25) is 11.9 Å². The number of rotatable bonds is 4. The first-order valence-electron chi connectivity index (χ1n) is 7.80. The van der Waals surface area contributed by atoms with E-state index >= 15 is 0 Å². The number of aryl methyl sites for hydroxylation is 1. The van der Waals surface area contributed by atoms with Crippen LogP contribution >= 0.6 is 12.4 Å². The molecule has 7 heteroatoms. The maximum absolute atomic E-state index is 12.1. The molecule has 1 aromatic rings. The van der Waals surface area contributed by atoms with E-state index in [1.165, 1.54) is 0 Å². The first kappa shape index (κ1) is 17.0. The van der Waals surface area contributed by atoms with E-state index < -0.39 is 0 Å².